The van der Waals surface area contributed by atoms with Crippen molar-refractivity contribution in [3.63, 3.8) is 0 Å². The maximum atomic E-state index is 12.4. The fourth-order valence-corrected chi connectivity index (χ4v) is 3.04. The number of amides is 1. The lowest BCUT2D eigenvalue weighted by Gasteiger charge is -2.08. The Labute approximate surface area is 136 Å². The SMILES string of the molecule is CCCc1cc(C(=O)NCc2nnc3n2CCCCC3)n(C)n1. The molecule has 0 saturated carbocycles. The highest BCUT2D eigenvalue weighted by Crippen LogP contribution is 2.14. The Bertz CT molecular complexity index is 687. The van der Waals surface area contributed by atoms with Crippen molar-refractivity contribution in [3.8, 4) is 0 Å². The van der Waals surface area contributed by atoms with Crippen molar-refractivity contribution in [2.45, 2.75) is 58.5 Å². The molecule has 1 N–H and O–H groups in total. The van der Waals surface area contributed by atoms with Gasteiger partial charge in [0.15, 0.2) is 5.82 Å². The molecule has 2 aromatic heterocycles. The highest BCUT2D eigenvalue weighted by atomic mass is 16.2. The lowest BCUT2D eigenvalue weighted by atomic mass is 10.2. The molecule has 3 heterocycles. The smallest absolute Gasteiger partial charge is 0.269 e. The molecule has 2 aromatic rings. The van der Waals surface area contributed by atoms with Gasteiger partial charge in [0.05, 0.1) is 12.2 Å². The molecule has 0 radical (unpaired) electrons. The van der Waals surface area contributed by atoms with Gasteiger partial charge in [-0.2, -0.15) is 5.10 Å². The van der Waals surface area contributed by atoms with Crippen LogP contribution in [0.2, 0.25) is 0 Å². The van der Waals surface area contributed by atoms with Gasteiger partial charge in [-0.25, -0.2) is 0 Å². The van der Waals surface area contributed by atoms with Crippen LogP contribution in [0.25, 0.3) is 0 Å². The summed E-state index contributed by atoms with van der Waals surface area (Å²) in [5.41, 5.74) is 1.54. The first-order valence-electron chi connectivity index (χ1n) is 8.41. The molecule has 23 heavy (non-hydrogen) atoms. The normalized spacial score (nSPS) is 14.3. The zero-order valence-electron chi connectivity index (χ0n) is 13.9. The standard InChI is InChI=1S/C16H24N6O/c1-3-7-12-10-13(21(2)20-12)16(23)17-11-15-19-18-14-8-5-4-6-9-22(14)15/h10H,3-9,11H2,1-2H3,(H,17,23). The van der Waals surface area contributed by atoms with Crippen LogP contribution in [0.15, 0.2) is 6.07 Å². The van der Waals surface area contributed by atoms with Gasteiger partial charge in [-0.1, -0.05) is 19.8 Å². The van der Waals surface area contributed by atoms with Gasteiger partial charge in [0.25, 0.3) is 5.91 Å². The number of fused-ring (bicyclic) bond motifs is 1. The molecule has 7 nitrogen and oxygen atoms in total. The number of hydrogen-bond donors (Lipinski definition) is 1. The lowest BCUT2D eigenvalue weighted by molar-refractivity contribution is 0.0940. The van der Waals surface area contributed by atoms with Gasteiger partial charge in [-0.3, -0.25) is 9.48 Å². The van der Waals surface area contributed by atoms with E-state index in [0.29, 0.717) is 12.2 Å². The van der Waals surface area contributed by atoms with E-state index in [4.69, 9.17) is 0 Å². The number of carbonyl (C=O) groups is 1. The Kier molecular flexibility index (Phi) is 4.73. The van der Waals surface area contributed by atoms with Gasteiger partial charge in [-0.15, -0.1) is 10.2 Å². The predicted octanol–water partition coefficient (Wildman–Crippen LogP) is 1.62. The van der Waals surface area contributed by atoms with Crippen LogP contribution in [-0.4, -0.2) is 30.5 Å². The number of hydrogen-bond acceptors (Lipinski definition) is 4. The molecule has 0 aromatic carbocycles. The minimum absolute atomic E-state index is 0.117. The molecule has 0 bridgehead atoms. The van der Waals surface area contributed by atoms with E-state index < -0.39 is 0 Å². The zero-order valence-corrected chi connectivity index (χ0v) is 13.9. The van der Waals surface area contributed by atoms with Crippen molar-refractivity contribution >= 4 is 5.91 Å². The molecule has 1 aliphatic rings. The summed E-state index contributed by atoms with van der Waals surface area (Å²) in [5.74, 6) is 1.76. The molecule has 0 aliphatic carbocycles. The van der Waals surface area contributed by atoms with E-state index in [2.05, 4.69) is 32.1 Å². The summed E-state index contributed by atoms with van der Waals surface area (Å²) in [6.45, 7) is 3.45. The summed E-state index contributed by atoms with van der Waals surface area (Å²) in [6, 6.07) is 1.86. The number of carbonyl (C=O) groups excluding carboxylic acids is 1. The molecular weight excluding hydrogens is 292 g/mol. The Hall–Kier alpha value is -2.18. The zero-order chi connectivity index (χ0) is 16.2. The van der Waals surface area contributed by atoms with Crippen molar-refractivity contribution in [3.05, 3.63) is 29.1 Å². The van der Waals surface area contributed by atoms with E-state index >= 15 is 0 Å². The van der Waals surface area contributed by atoms with Crippen molar-refractivity contribution < 1.29 is 4.79 Å². The quantitative estimate of drug-likeness (QED) is 0.909. The first kappa shape index (κ1) is 15.7. The maximum Gasteiger partial charge on any atom is 0.269 e. The Balaban J connectivity index is 1.66. The fourth-order valence-electron chi connectivity index (χ4n) is 3.04. The van der Waals surface area contributed by atoms with Crippen LogP contribution in [0, 0.1) is 0 Å². The van der Waals surface area contributed by atoms with E-state index in [1.165, 1.54) is 12.8 Å². The molecule has 0 atom stereocenters. The van der Waals surface area contributed by atoms with E-state index in [9.17, 15) is 4.79 Å². The van der Waals surface area contributed by atoms with Crippen LogP contribution in [0.4, 0.5) is 0 Å². The highest BCUT2D eigenvalue weighted by Gasteiger charge is 2.17. The van der Waals surface area contributed by atoms with E-state index in [1.54, 1.807) is 11.7 Å². The molecule has 1 aliphatic heterocycles. The van der Waals surface area contributed by atoms with Crippen molar-refractivity contribution in [2.24, 2.45) is 7.05 Å². The third kappa shape index (κ3) is 3.43. The minimum Gasteiger partial charge on any atom is -0.343 e. The van der Waals surface area contributed by atoms with Crippen LogP contribution in [0.1, 0.15) is 60.4 Å². The molecule has 124 valence electrons. The number of nitrogens with zero attached hydrogens (tertiary/aromatic N) is 5. The van der Waals surface area contributed by atoms with Crippen LogP contribution >= 0.6 is 0 Å². The van der Waals surface area contributed by atoms with Crippen LogP contribution in [0.5, 0.6) is 0 Å². The summed E-state index contributed by atoms with van der Waals surface area (Å²) >= 11 is 0. The number of rotatable bonds is 5. The molecule has 3 rings (SSSR count). The van der Waals surface area contributed by atoms with Crippen molar-refractivity contribution in [1.29, 1.82) is 0 Å². The Morgan fingerprint density at radius 3 is 3.00 bits per heavy atom. The highest BCUT2D eigenvalue weighted by molar-refractivity contribution is 5.92. The van der Waals surface area contributed by atoms with E-state index in [-0.39, 0.29) is 5.91 Å². The topological polar surface area (TPSA) is 77.6 Å². The minimum atomic E-state index is -0.117. The summed E-state index contributed by atoms with van der Waals surface area (Å²) in [7, 11) is 1.80. The summed E-state index contributed by atoms with van der Waals surface area (Å²) in [5, 5.41) is 15.8. The van der Waals surface area contributed by atoms with Gasteiger partial charge in [0.1, 0.15) is 11.5 Å². The van der Waals surface area contributed by atoms with Crippen LogP contribution in [0.3, 0.4) is 0 Å². The summed E-state index contributed by atoms with van der Waals surface area (Å²) in [4.78, 5) is 12.4. The fraction of sp³-hybridized carbons (Fsp3) is 0.625. The number of aryl methyl sites for hydroxylation is 3. The second-order valence-corrected chi connectivity index (χ2v) is 6.07. The predicted molar refractivity (Wildman–Crippen MR) is 86.0 cm³/mol. The average molecular weight is 316 g/mol. The van der Waals surface area contributed by atoms with Crippen LogP contribution in [-0.2, 0) is 33.0 Å². The second kappa shape index (κ2) is 6.93. The van der Waals surface area contributed by atoms with Gasteiger partial charge in [-0.05, 0) is 25.3 Å². The number of aromatic nitrogens is 5. The van der Waals surface area contributed by atoms with E-state index in [0.717, 1.165) is 49.6 Å². The Morgan fingerprint density at radius 2 is 2.17 bits per heavy atom. The average Bonchev–Trinajstić information content (AvgIpc) is 3.00. The van der Waals surface area contributed by atoms with Crippen molar-refractivity contribution in [2.75, 3.05) is 0 Å². The van der Waals surface area contributed by atoms with Gasteiger partial charge in [0.2, 0.25) is 0 Å². The third-order valence-corrected chi connectivity index (χ3v) is 4.26. The van der Waals surface area contributed by atoms with Gasteiger partial charge in [0, 0.05) is 20.0 Å². The maximum absolute atomic E-state index is 12.4. The Morgan fingerprint density at radius 1 is 1.30 bits per heavy atom. The molecule has 0 fully saturated rings. The largest absolute Gasteiger partial charge is 0.343 e. The molecule has 0 spiro atoms. The van der Waals surface area contributed by atoms with Crippen molar-refractivity contribution in [1.82, 2.24) is 29.9 Å². The van der Waals surface area contributed by atoms with Gasteiger partial charge >= 0.3 is 0 Å². The molecule has 0 saturated heterocycles. The first-order valence-corrected chi connectivity index (χ1v) is 8.41. The second-order valence-electron chi connectivity index (χ2n) is 6.07. The molecule has 0 unspecified atom stereocenters. The number of nitrogens with one attached hydrogen (secondary N) is 1. The third-order valence-electron chi connectivity index (χ3n) is 4.26. The first-order chi connectivity index (χ1) is 11.2. The summed E-state index contributed by atoms with van der Waals surface area (Å²) < 4.78 is 3.80. The molecular formula is C16H24N6O. The monoisotopic (exact) mass is 316 g/mol. The lowest BCUT2D eigenvalue weighted by Crippen LogP contribution is -2.26. The molecule has 7 heteroatoms. The van der Waals surface area contributed by atoms with Crippen LogP contribution < -0.4 is 5.32 Å². The summed E-state index contributed by atoms with van der Waals surface area (Å²) in [6.07, 6.45) is 6.42. The van der Waals surface area contributed by atoms with E-state index in [1.807, 2.05) is 6.07 Å². The molecule has 1 amide bonds. The van der Waals surface area contributed by atoms with Gasteiger partial charge < -0.3 is 9.88 Å².